The molecule has 0 unspecified atom stereocenters. The number of halogens is 1. The lowest BCUT2D eigenvalue weighted by molar-refractivity contribution is -0.114. The molecule has 0 aliphatic heterocycles. The predicted molar refractivity (Wildman–Crippen MR) is 88.8 cm³/mol. The minimum Gasteiger partial charge on any atom is -0.507 e. The highest BCUT2D eigenvalue weighted by Gasteiger charge is 2.12. The third kappa shape index (κ3) is 4.34. The number of rotatable bonds is 4. The number of anilines is 1. The highest BCUT2D eigenvalue weighted by atomic mass is 35.5. The molecule has 0 heterocycles. The molecule has 0 aliphatic rings. The second kappa shape index (κ2) is 6.98. The third-order valence-electron chi connectivity index (χ3n) is 2.99. The highest BCUT2D eigenvalue weighted by molar-refractivity contribution is 6.30. The number of carbonyl (C=O) groups is 2. The number of benzene rings is 2. The SMILES string of the molecule is CC(=O)Nc1ccc(O)c(C(=O)C=C(O)c2ccc(Cl)cc2)c1. The summed E-state index contributed by atoms with van der Waals surface area (Å²) in [7, 11) is 0. The highest BCUT2D eigenvalue weighted by Crippen LogP contribution is 2.24. The van der Waals surface area contributed by atoms with Crippen molar-refractivity contribution >= 4 is 34.7 Å². The molecule has 118 valence electrons. The molecule has 0 fully saturated rings. The normalized spacial score (nSPS) is 11.1. The first-order chi connectivity index (χ1) is 10.9. The summed E-state index contributed by atoms with van der Waals surface area (Å²) in [5.41, 5.74) is 0.759. The molecule has 2 aromatic carbocycles. The first-order valence-corrected chi connectivity index (χ1v) is 7.06. The van der Waals surface area contributed by atoms with E-state index >= 15 is 0 Å². The molecule has 23 heavy (non-hydrogen) atoms. The van der Waals surface area contributed by atoms with E-state index in [-0.39, 0.29) is 23.0 Å². The first-order valence-electron chi connectivity index (χ1n) is 6.68. The van der Waals surface area contributed by atoms with Gasteiger partial charge in [-0.25, -0.2) is 0 Å². The van der Waals surface area contributed by atoms with Gasteiger partial charge < -0.3 is 15.5 Å². The van der Waals surface area contributed by atoms with Crippen LogP contribution in [0.2, 0.25) is 5.02 Å². The van der Waals surface area contributed by atoms with E-state index in [1.165, 1.54) is 25.1 Å². The summed E-state index contributed by atoms with van der Waals surface area (Å²) in [6.07, 6.45) is 0.996. The molecule has 0 aliphatic carbocycles. The fourth-order valence-corrected chi connectivity index (χ4v) is 2.05. The largest absolute Gasteiger partial charge is 0.507 e. The lowest BCUT2D eigenvalue weighted by Crippen LogP contribution is -2.07. The van der Waals surface area contributed by atoms with Crippen LogP contribution in [0.1, 0.15) is 22.8 Å². The zero-order chi connectivity index (χ0) is 17.0. The van der Waals surface area contributed by atoms with Gasteiger partial charge in [-0.2, -0.15) is 0 Å². The van der Waals surface area contributed by atoms with Crippen LogP contribution in [-0.4, -0.2) is 21.9 Å². The van der Waals surface area contributed by atoms with Crippen LogP contribution < -0.4 is 5.32 Å². The number of hydrogen-bond acceptors (Lipinski definition) is 4. The van der Waals surface area contributed by atoms with E-state index in [0.717, 1.165) is 6.08 Å². The van der Waals surface area contributed by atoms with Gasteiger partial charge in [0.2, 0.25) is 5.91 Å². The van der Waals surface area contributed by atoms with Crippen LogP contribution in [0.3, 0.4) is 0 Å². The molecule has 0 aromatic heterocycles. The second-order valence-corrected chi connectivity index (χ2v) is 5.25. The molecule has 0 atom stereocenters. The van der Waals surface area contributed by atoms with Gasteiger partial charge in [0.05, 0.1) is 5.56 Å². The Labute approximate surface area is 137 Å². The van der Waals surface area contributed by atoms with E-state index in [0.29, 0.717) is 16.3 Å². The lowest BCUT2D eigenvalue weighted by atomic mass is 10.1. The Morgan fingerprint density at radius 3 is 2.39 bits per heavy atom. The van der Waals surface area contributed by atoms with Gasteiger partial charge in [-0.3, -0.25) is 9.59 Å². The summed E-state index contributed by atoms with van der Waals surface area (Å²) in [6.45, 7) is 1.33. The number of phenols is 1. The second-order valence-electron chi connectivity index (χ2n) is 4.81. The minimum absolute atomic E-state index is 0.0308. The molecule has 1 amide bonds. The topological polar surface area (TPSA) is 86.6 Å². The molecule has 3 N–H and O–H groups in total. The number of allylic oxidation sites excluding steroid dienone is 1. The van der Waals surface area contributed by atoms with E-state index in [2.05, 4.69) is 5.32 Å². The van der Waals surface area contributed by atoms with Crippen molar-refractivity contribution in [2.75, 3.05) is 5.32 Å². The Morgan fingerprint density at radius 1 is 1.13 bits per heavy atom. The number of ketones is 1. The molecule has 0 saturated carbocycles. The molecular weight excluding hydrogens is 318 g/mol. The average molecular weight is 332 g/mol. The van der Waals surface area contributed by atoms with Gasteiger partial charge in [0.1, 0.15) is 11.5 Å². The zero-order valence-electron chi connectivity index (χ0n) is 12.2. The molecule has 6 heteroatoms. The van der Waals surface area contributed by atoms with Crippen molar-refractivity contribution in [2.45, 2.75) is 6.92 Å². The summed E-state index contributed by atoms with van der Waals surface area (Å²) in [5, 5.41) is 22.8. The first kappa shape index (κ1) is 16.6. The Kier molecular flexibility index (Phi) is 5.03. The van der Waals surface area contributed by atoms with E-state index in [1.807, 2.05) is 0 Å². The number of nitrogens with one attached hydrogen (secondary N) is 1. The molecule has 0 radical (unpaired) electrons. The molecule has 0 bridgehead atoms. The fourth-order valence-electron chi connectivity index (χ4n) is 1.92. The van der Waals surface area contributed by atoms with Crippen LogP contribution in [0.4, 0.5) is 5.69 Å². The van der Waals surface area contributed by atoms with E-state index in [1.54, 1.807) is 24.3 Å². The van der Waals surface area contributed by atoms with Crippen LogP contribution in [0.15, 0.2) is 48.5 Å². The summed E-state index contributed by atoms with van der Waals surface area (Å²) in [4.78, 5) is 23.3. The average Bonchev–Trinajstić information content (AvgIpc) is 2.49. The molecule has 0 saturated heterocycles. The van der Waals surface area contributed by atoms with Crippen molar-refractivity contribution in [2.24, 2.45) is 0 Å². The Balaban J connectivity index is 2.30. The molecule has 5 nitrogen and oxygen atoms in total. The van der Waals surface area contributed by atoms with Crippen molar-refractivity contribution in [3.05, 3.63) is 64.7 Å². The summed E-state index contributed by atoms with van der Waals surface area (Å²) in [5.74, 6) is -1.39. The van der Waals surface area contributed by atoms with Gasteiger partial charge >= 0.3 is 0 Å². The molecule has 0 spiro atoms. The van der Waals surface area contributed by atoms with E-state index < -0.39 is 5.78 Å². The monoisotopic (exact) mass is 331 g/mol. The van der Waals surface area contributed by atoms with Gasteiger partial charge in [0.15, 0.2) is 5.78 Å². The van der Waals surface area contributed by atoms with Gasteiger partial charge in [-0.1, -0.05) is 11.6 Å². The molecule has 2 aromatic rings. The number of hydrogen-bond donors (Lipinski definition) is 3. The van der Waals surface area contributed by atoms with E-state index in [4.69, 9.17) is 11.6 Å². The van der Waals surface area contributed by atoms with Crippen molar-refractivity contribution in [1.29, 1.82) is 0 Å². The lowest BCUT2D eigenvalue weighted by Gasteiger charge is -2.06. The van der Waals surface area contributed by atoms with Gasteiger partial charge in [0, 0.05) is 29.3 Å². The van der Waals surface area contributed by atoms with Crippen molar-refractivity contribution in [1.82, 2.24) is 0 Å². The van der Waals surface area contributed by atoms with Crippen LogP contribution in [0.5, 0.6) is 5.75 Å². The number of carbonyl (C=O) groups excluding carboxylic acids is 2. The van der Waals surface area contributed by atoms with E-state index in [9.17, 15) is 19.8 Å². The van der Waals surface area contributed by atoms with Crippen molar-refractivity contribution < 1.29 is 19.8 Å². The number of aliphatic hydroxyl groups is 1. The standard InChI is InChI=1S/C17H14ClNO4/c1-10(20)19-13-6-7-15(21)14(8-13)17(23)9-16(22)11-2-4-12(18)5-3-11/h2-9,21-22H,1H3,(H,19,20). The Morgan fingerprint density at radius 2 is 1.78 bits per heavy atom. The van der Waals surface area contributed by atoms with Crippen LogP contribution in [0, 0.1) is 0 Å². The van der Waals surface area contributed by atoms with Crippen molar-refractivity contribution in [3.63, 3.8) is 0 Å². The van der Waals surface area contributed by atoms with Crippen LogP contribution >= 0.6 is 11.6 Å². The number of amides is 1. The maximum absolute atomic E-state index is 12.2. The number of aromatic hydroxyl groups is 1. The van der Waals surface area contributed by atoms with Crippen LogP contribution in [0.25, 0.3) is 5.76 Å². The fraction of sp³-hybridized carbons (Fsp3) is 0.0588. The number of aliphatic hydroxyl groups excluding tert-OH is 1. The quantitative estimate of drug-likeness (QED) is 0.344. The Hall–Kier alpha value is -2.79. The number of phenolic OH excluding ortho intramolecular Hbond substituents is 1. The predicted octanol–water partition coefficient (Wildman–Crippen LogP) is 3.79. The summed E-state index contributed by atoms with van der Waals surface area (Å²) < 4.78 is 0. The molecular formula is C17H14ClNO4. The van der Waals surface area contributed by atoms with Crippen molar-refractivity contribution in [3.8, 4) is 5.75 Å². The van der Waals surface area contributed by atoms with Crippen LogP contribution in [-0.2, 0) is 4.79 Å². The third-order valence-corrected chi connectivity index (χ3v) is 3.24. The maximum Gasteiger partial charge on any atom is 0.221 e. The maximum atomic E-state index is 12.2. The summed E-state index contributed by atoms with van der Waals surface area (Å²) in [6, 6.07) is 10.4. The zero-order valence-corrected chi connectivity index (χ0v) is 13.0. The van der Waals surface area contributed by atoms with Gasteiger partial charge in [-0.15, -0.1) is 0 Å². The smallest absolute Gasteiger partial charge is 0.221 e. The molecule has 2 rings (SSSR count). The Bertz CT molecular complexity index is 782. The minimum atomic E-state index is -0.595. The summed E-state index contributed by atoms with van der Waals surface area (Å²) >= 11 is 5.76. The van der Waals surface area contributed by atoms with Gasteiger partial charge in [-0.05, 0) is 42.5 Å². The van der Waals surface area contributed by atoms with Gasteiger partial charge in [0.25, 0.3) is 0 Å².